The first-order valence-electron chi connectivity index (χ1n) is 5.92. The van der Waals surface area contributed by atoms with E-state index in [1.165, 1.54) is 6.07 Å². The summed E-state index contributed by atoms with van der Waals surface area (Å²) in [5.41, 5.74) is -1.44. The molecule has 0 bridgehead atoms. The largest absolute Gasteiger partial charge is 0.506 e. The van der Waals surface area contributed by atoms with Crippen molar-refractivity contribution in [3.8, 4) is 5.75 Å². The number of aromatic nitrogens is 2. The molecule has 0 saturated heterocycles. The van der Waals surface area contributed by atoms with Gasteiger partial charge in [-0.15, -0.1) is 0 Å². The van der Waals surface area contributed by atoms with Crippen LogP contribution < -0.4 is 0 Å². The van der Waals surface area contributed by atoms with Crippen molar-refractivity contribution in [2.45, 2.75) is 31.7 Å². The monoisotopic (exact) mass is 312 g/mol. The molecule has 3 nitrogen and oxygen atoms in total. The Bertz CT molecular complexity index is 643. The fourth-order valence-electron chi connectivity index (χ4n) is 2.02. The summed E-state index contributed by atoms with van der Waals surface area (Å²) in [7, 11) is 0. The van der Waals surface area contributed by atoms with Crippen molar-refractivity contribution >= 4 is 10.9 Å². The van der Waals surface area contributed by atoms with E-state index in [4.69, 9.17) is 0 Å². The van der Waals surface area contributed by atoms with Crippen LogP contribution in [0.25, 0.3) is 10.9 Å². The predicted octanol–water partition coefficient (Wildman–Crippen LogP) is 4.10. The smallest absolute Gasteiger partial charge is 0.435 e. The highest BCUT2D eigenvalue weighted by atomic mass is 19.4. The maximum Gasteiger partial charge on any atom is 0.435 e. The molecule has 0 spiro atoms. The molecule has 1 aromatic carbocycles. The SMILES string of the molecule is Oc1cccc2c(C(F)(F)F)nn(CCCC(F)(F)F)c12. The third-order valence-electron chi connectivity index (χ3n) is 2.85. The van der Waals surface area contributed by atoms with Crippen molar-refractivity contribution in [1.82, 2.24) is 9.78 Å². The molecule has 21 heavy (non-hydrogen) atoms. The summed E-state index contributed by atoms with van der Waals surface area (Å²) in [5, 5.41) is 12.6. The van der Waals surface area contributed by atoms with Gasteiger partial charge in [-0.2, -0.15) is 31.4 Å². The molecule has 2 rings (SSSR count). The van der Waals surface area contributed by atoms with E-state index in [1.807, 2.05) is 0 Å². The van der Waals surface area contributed by atoms with E-state index in [-0.39, 0.29) is 17.4 Å². The number of benzene rings is 1. The van der Waals surface area contributed by atoms with E-state index < -0.39 is 36.6 Å². The molecule has 2 aromatic rings. The van der Waals surface area contributed by atoms with Gasteiger partial charge < -0.3 is 5.11 Å². The van der Waals surface area contributed by atoms with Gasteiger partial charge in [-0.3, -0.25) is 4.68 Å². The molecule has 1 heterocycles. The van der Waals surface area contributed by atoms with E-state index in [0.717, 1.165) is 16.8 Å². The first-order chi connectivity index (χ1) is 9.59. The van der Waals surface area contributed by atoms with Crippen LogP contribution in [0.5, 0.6) is 5.75 Å². The molecule has 0 fully saturated rings. The summed E-state index contributed by atoms with van der Waals surface area (Å²) < 4.78 is 75.5. The van der Waals surface area contributed by atoms with Crippen molar-refractivity contribution in [1.29, 1.82) is 0 Å². The van der Waals surface area contributed by atoms with Gasteiger partial charge in [0.15, 0.2) is 5.69 Å². The molecule has 0 unspecified atom stereocenters. The van der Waals surface area contributed by atoms with E-state index >= 15 is 0 Å². The summed E-state index contributed by atoms with van der Waals surface area (Å²) in [5.74, 6) is -0.456. The van der Waals surface area contributed by atoms with Crippen LogP contribution in [-0.4, -0.2) is 21.1 Å². The molecule has 0 radical (unpaired) electrons. The van der Waals surface area contributed by atoms with Gasteiger partial charge in [0, 0.05) is 18.4 Å². The maximum atomic E-state index is 12.8. The summed E-state index contributed by atoms with van der Waals surface area (Å²) in [4.78, 5) is 0. The molecule has 0 amide bonds. The normalized spacial score (nSPS) is 13.0. The van der Waals surface area contributed by atoms with Crippen LogP contribution in [0.1, 0.15) is 18.5 Å². The third-order valence-corrected chi connectivity index (χ3v) is 2.85. The average molecular weight is 312 g/mol. The number of phenols is 1. The quantitative estimate of drug-likeness (QED) is 0.866. The van der Waals surface area contributed by atoms with E-state index in [9.17, 15) is 31.4 Å². The van der Waals surface area contributed by atoms with Crippen molar-refractivity contribution in [3.63, 3.8) is 0 Å². The Morgan fingerprint density at radius 3 is 2.33 bits per heavy atom. The summed E-state index contributed by atoms with van der Waals surface area (Å²) in [6.07, 6.45) is -10.7. The molecule has 0 atom stereocenters. The number of nitrogens with zero attached hydrogens (tertiary/aromatic N) is 2. The van der Waals surface area contributed by atoms with E-state index in [0.29, 0.717) is 0 Å². The standard InChI is InChI=1S/C12H10F6N2O/c13-11(14,15)5-2-6-20-9-7(3-1-4-8(9)21)10(19-20)12(16,17)18/h1,3-4,21H,2,5-6H2. The highest BCUT2D eigenvalue weighted by molar-refractivity contribution is 5.87. The molecule has 1 N–H and O–H groups in total. The zero-order valence-electron chi connectivity index (χ0n) is 10.5. The number of fused-ring (bicyclic) bond motifs is 1. The number of para-hydroxylation sites is 1. The highest BCUT2D eigenvalue weighted by Crippen LogP contribution is 2.37. The fourth-order valence-corrected chi connectivity index (χ4v) is 2.02. The molecule has 116 valence electrons. The third kappa shape index (κ3) is 3.40. The second kappa shape index (κ2) is 5.12. The fraction of sp³-hybridized carbons (Fsp3) is 0.417. The Hall–Kier alpha value is -1.93. The summed E-state index contributed by atoms with van der Waals surface area (Å²) in [6.45, 7) is -0.371. The Labute approximate surface area is 114 Å². The number of aromatic hydroxyl groups is 1. The second-order valence-electron chi connectivity index (χ2n) is 4.46. The minimum atomic E-state index is -4.75. The topological polar surface area (TPSA) is 38.1 Å². The lowest BCUT2D eigenvalue weighted by molar-refractivity contribution is -0.141. The van der Waals surface area contributed by atoms with Crippen molar-refractivity contribution in [2.75, 3.05) is 0 Å². The van der Waals surface area contributed by atoms with Gasteiger partial charge >= 0.3 is 12.4 Å². The average Bonchev–Trinajstić information content (AvgIpc) is 2.67. The number of hydrogen-bond donors (Lipinski definition) is 1. The van der Waals surface area contributed by atoms with Crippen LogP contribution in [0.4, 0.5) is 26.3 Å². The number of aryl methyl sites for hydroxylation is 1. The van der Waals surface area contributed by atoms with Crippen LogP contribution in [0.2, 0.25) is 0 Å². The van der Waals surface area contributed by atoms with Crippen LogP contribution in [0.15, 0.2) is 18.2 Å². The molecule has 0 aliphatic rings. The number of hydrogen-bond acceptors (Lipinski definition) is 2. The Morgan fingerprint density at radius 1 is 1.10 bits per heavy atom. The van der Waals surface area contributed by atoms with E-state index in [2.05, 4.69) is 5.10 Å². The van der Waals surface area contributed by atoms with Crippen LogP contribution in [-0.2, 0) is 12.7 Å². The van der Waals surface area contributed by atoms with Crippen molar-refractivity contribution < 1.29 is 31.4 Å². The molecule has 0 saturated carbocycles. The minimum Gasteiger partial charge on any atom is -0.506 e. The first kappa shape index (κ1) is 15.5. The first-order valence-corrected chi connectivity index (χ1v) is 5.92. The Morgan fingerprint density at radius 2 is 1.76 bits per heavy atom. The number of rotatable bonds is 3. The minimum absolute atomic E-state index is 0.216. The molecule has 1 aromatic heterocycles. The number of alkyl halides is 6. The Balaban J connectivity index is 2.40. The zero-order valence-corrected chi connectivity index (χ0v) is 10.5. The van der Waals surface area contributed by atoms with Gasteiger partial charge in [0.1, 0.15) is 11.3 Å². The van der Waals surface area contributed by atoms with Gasteiger partial charge in [-0.05, 0) is 12.5 Å². The Kier molecular flexibility index (Phi) is 3.77. The number of halogens is 6. The summed E-state index contributed by atoms with van der Waals surface area (Å²) in [6, 6.07) is 3.49. The maximum absolute atomic E-state index is 12.8. The van der Waals surface area contributed by atoms with Gasteiger partial charge in [0.2, 0.25) is 0 Å². The lowest BCUT2D eigenvalue weighted by atomic mass is 10.2. The second-order valence-corrected chi connectivity index (χ2v) is 4.46. The van der Waals surface area contributed by atoms with Gasteiger partial charge in [0.05, 0.1) is 0 Å². The molecule has 0 aliphatic heterocycles. The highest BCUT2D eigenvalue weighted by Gasteiger charge is 2.37. The lowest BCUT2D eigenvalue weighted by Gasteiger charge is -2.07. The van der Waals surface area contributed by atoms with Crippen LogP contribution in [0, 0.1) is 0 Å². The van der Waals surface area contributed by atoms with E-state index in [1.54, 1.807) is 0 Å². The van der Waals surface area contributed by atoms with Crippen molar-refractivity contribution in [3.05, 3.63) is 23.9 Å². The van der Waals surface area contributed by atoms with Crippen molar-refractivity contribution in [2.24, 2.45) is 0 Å². The van der Waals surface area contributed by atoms with Gasteiger partial charge in [-0.1, -0.05) is 12.1 Å². The predicted molar refractivity (Wildman–Crippen MR) is 61.7 cm³/mol. The molecular formula is C12H10F6N2O. The summed E-state index contributed by atoms with van der Waals surface area (Å²) >= 11 is 0. The molecular weight excluding hydrogens is 302 g/mol. The van der Waals surface area contributed by atoms with Crippen LogP contribution in [0.3, 0.4) is 0 Å². The van der Waals surface area contributed by atoms with Gasteiger partial charge in [-0.25, -0.2) is 0 Å². The molecule has 9 heteroatoms. The number of phenolic OH excluding ortho intramolecular Hbond substituents is 1. The van der Waals surface area contributed by atoms with Crippen LogP contribution >= 0.6 is 0 Å². The zero-order chi connectivity index (χ0) is 15.8. The van der Waals surface area contributed by atoms with Gasteiger partial charge in [0.25, 0.3) is 0 Å². The molecule has 0 aliphatic carbocycles. The lowest BCUT2D eigenvalue weighted by Crippen LogP contribution is -2.11.